The molecule has 0 aliphatic heterocycles. The fraction of sp³-hybridized carbons (Fsp3) is 0.800. The molecule has 0 bridgehead atoms. The van der Waals surface area contributed by atoms with Gasteiger partial charge in [-0.05, 0) is 13.3 Å². The van der Waals surface area contributed by atoms with Crippen LogP contribution in [0.3, 0.4) is 0 Å². The summed E-state index contributed by atoms with van der Waals surface area (Å²) in [6.07, 6.45) is -0.103. The highest BCUT2D eigenvalue weighted by Gasteiger charge is 2.36. The lowest BCUT2D eigenvalue weighted by atomic mass is 10.1. The quantitative estimate of drug-likeness (QED) is 0.553. The van der Waals surface area contributed by atoms with E-state index in [1.807, 2.05) is 0 Å². The van der Waals surface area contributed by atoms with Gasteiger partial charge in [0.15, 0.2) is 0 Å². The van der Waals surface area contributed by atoms with E-state index >= 15 is 0 Å². The van der Waals surface area contributed by atoms with Gasteiger partial charge in [0.25, 0.3) is 0 Å². The molecular weight excluding hydrogens is 170 g/mol. The Balaban J connectivity index is 5.09. The first-order valence-corrected chi connectivity index (χ1v) is 4.54. The van der Waals surface area contributed by atoms with Gasteiger partial charge in [0.1, 0.15) is 4.75 Å². The van der Waals surface area contributed by atoms with Crippen LogP contribution in [0.5, 0.6) is 0 Å². The van der Waals surface area contributed by atoms with E-state index in [9.17, 15) is 18.3 Å². The summed E-state index contributed by atoms with van der Waals surface area (Å²) in [6, 6.07) is 0. The number of rotatable bonds is 3. The van der Waals surface area contributed by atoms with Crippen molar-refractivity contribution in [1.82, 2.24) is 0 Å². The normalized spacial score (nSPS) is 17.4. The first-order chi connectivity index (χ1) is 4.75. The average molecular weight is 180 g/mol. The highest BCUT2D eigenvalue weighted by molar-refractivity contribution is 7.91. The highest BCUT2D eigenvalue weighted by Crippen LogP contribution is 2.16. The Morgan fingerprint density at radius 1 is 1.64 bits per heavy atom. The summed E-state index contributed by atoms with van der Waals surface area (Å²) in [5.41, 5.74) is 0. The van der Waals surface area contributed by atoms with E-state index in [1.54, 1.807) is 0 Å². The van der Waals surface area contributed by atoms with Gasteiger partial charge in [0.05, 0.1) is 5.97 Å². The summed E-state index contributed by atoms with van der Waals surface area (Å²) < 4.78 is 19.4. The zero-order valence-electron chi connectivity index (χ0n) is 6.33. The van der Waals surface area contributed by atoms with E-state index in [0.29, 0.717) is 0 Å². The van der Waals surface area contributed by atoms with Crippen molar-refractivity contribution < 1.29 is 18.3 Å². The topological polar surface area (TPSA) is 100 Å². The second-order valence-corrected chi connectivity index (χ2v) is 4.41. The predicted molar refractivity (Wildman–Crippen MR) is 36.8 cm³/mol. The van der Waals surface area contributed by atoms with Gasteiger partial charge in [-0.25, -0.2) is 13.6 Å². The van der Waals surface area contributed by atoms with Gasteiger partial charge < -0.3 is 9.90 Å². The number of primary sulfonamides is 1. The molecular formula is C5H10NO4S-. The molecule has 0 fully saturated rings. The number of carbonyl (C=O) groups is 1. The molecule has 0 aliphatic carbocycles. The Hall–Kier alpha value is -0.620. The van der Waals surface area contributed by atoms with Crippen molar-refractivity contribution in [2.45, 2.75) is 25.0 Å². The van der Waals surface area contributed by atoms with Gasteiger partial charge in [-0.15, -0.1) is 0 Å². The largest absolute Gasteiger partial charge is 0.548 e. The molecule has 0 spiro atoms. The van der Waals surface area contributed by atoms with Crippen LogP contribution in [0.15, 0.2) is 0 Å². The summed E-state index contributed by atoms with van der Waals surface area (Å²) >= 11 is 0. The van der Waals surface area contributed by atoms with Crippen molar-refractivity contribution >= 4 is 16.0 Å². The minimum absolute atomic E-state index is 0.103. The molecule has 5 nitrogen and oxygen atoms in total. The van der Waals surface area contributed by atoms with Crippen LogP contribution in [0.2, 0.25) is 0 Å². The number of hydrogen-bond donors (Lipinski definition) is 1. The van der Waals surface area contributed by atoms with Crippen molar-refractivity contribution in [2.75, 3.05) is 0 Å². The molecule has 0 aromatic rings. The van der Waals surface area contributed by atoms with E-state index in [1.165, 1.54) is 6.92 Å². The molecule has 1 atom stereocenters. The third-order valence-electron chi connectivity index (χ3n) is 1.73. The zero-order valence-corrected chi connectivity index (χ0v) is 7.14. The standard InChI is InChI=1S/C5H11NO4S/c1-3-5(2,4(7)8)11(6,9)10/h3H2,1-2H3,(H,7,8)(H2,6,9,10)/p-1. The average Bonchev–Trinajstić information content (AvgIpc) is 1.83. The molecule has 0 saturated heterocycles. The summed E-state index contributed by atoms with van der Waals surface area (Å²) in [5, 5.41) is 15.0. The summed E-state index contributed by atoms with van der Waals surface area (Å²) in [7, 11) is -4.08. The Morgan fingerprint density at radius 3 is 2.00 bits per heavy atom. The Labute approximate surface area is 65.3 Å². The second-order valence-electron chi connectivity index (χ2n) is 2.42. The van der Waals surface area contributed by atoms with Gasteiger partial charge >= 0.3 is 0 Å². The van der Waals surface area contributed by atoms with Crippen molar-refractivity contribution in [3.8, 4) is 0 Å². The Morgan fingerprint density at radius 2 is 2.00 bits per heavy atom. The number of carbonyl (C=O) groups excluding carboxylic acids is 1. The number of sulfonamides is 1. The number of nitrogens with two attached hydrogens (primary N) is 1. The fourth-order valence-corrected chi connectivity index (χ4v) is 1.10. The fourth-order valence-electron chi connectivity index (χ4n) is 0.462. The molecule has 0 aromatic carbocycles. The van der Waals surface area contributed by atoms with Gasteiger partial charge in [0, 0.05) is 0 Å². The van der Waals surface area contributed by atoms with Crippen molar-refractivity contribution in [1.29, 1.82) is 0 Å². The lowest BCUT2D eigenvalue weighted by Crippen LogP contribution is -2.53. The Kier molecular flexibility index (Phi) is 2.63. The van der Waals surface area contributed by atoms with E-state index in [2.05, 4.69) is 5.14 Å². The van der Waals surface area contributed by atoms with Crippen LogP contribution in [-0.4, -0.2) is 19.1 Å². The first kappa shape index (κ1) is 10.4. The first-order valence-electron chi connectivity index (χ1n) is 2.99. The Bertz CT molecular complexity index is 258. The molecule has 11 heavy (non-hydrogen) atoms. The van der Waals surface area contributed by atoms with Crippen LogP contribution in [0, 0.1) is 0 Å². The monoisotopic (exact) mass is 180 g/mol. The zero-order chi connectivity index (χ0) is 9.28. The second kappa shape index (κ2) is 2.78. The number of carboxylic acids is 1. The molecule has 0 aliphatic rings. The van der Waals surface area contributed by atoms with Gasteiger partial charge in [-0.3, -0.25) is 0 Å². The summed E-state index contributed by atoms with van der Waals surface area (Å²) in [6.45, 7) is 2.44. The smallest absolute Gasteiger partial charge is 0.219 e. The van der Waals surface area contributed by atoms with Crippen LogP contribution >= 0.6 is 0 Å². The molecule has 0 heterocycles. The van der Waals surface area contributed by atoms with Crippen LogP contribution in [-0.2, 0) is 14.8 Å². The third kappa shape index (κ3) is 1.69. The molecule has 6 heteroatoms. The SMILES string of the molecule is CCC(C)(C(=O)[O-])S(N)(=O)=O. The maximum Gasteiger partial charge on any atom is 0.219 e. The van der Waals surface area contributed by atoms with E-state index in [-0.39, 0.29) is 6.42 Å². The highest BCUT2D eigenvalue weighted by atomic mass is 32.2. The predicted octanol–water partition coefficient (Wildman–Crippen LogP) is -1.81. The van der Waals surface area contributed by atoms with Gasteiger partial charge in [-0.2, -0.15) is 0 Å². The number of hydrogen-bond acceptors (Lipinski definition) is 4. The van der Waals surface area contributed by atoms with E-state index in [4.69, 9.17) is 0 Å². The van der Waals surface area contributed by atoms with Crippen LogP contribution in [0.1, 0.15) is 20.3 Å². The van der Waals surface area contributed by atoms with Crippen LogP contribution in [0.4, 0.5) is 0 Å². The van der Waals surface area contributed by atoms with Crippen molar-refractivity contribution in [2.24, 2.45) is 5.14 Å². The lowest BCUT2D eigenvalue weighted by Gasteiger charge is -2.26. The van der Waals surface area contributed by atoms with E-state index in [0.717, 1.165) is 6.92 Å². The maximum atomic E-state index is 10.7. The van der Waals surface area contributed by atoms with Crippen molar-refractivity contribution in [3.05, 3.63) is 0 Å². The molecule has 0 amide bonds. The lowest BCUT2D eigenvalue weighted by molar-refractivity contribution is -0.309. The molecule has 0 rings (SSSR count). The number of carboxylic acid groups (broad SMARTS) is 1. The number of aliphatic carboxylic acids is 1. The molecule has 0 aromatic heterocycles. The van der Waals surface area contributed by atoms with E-state index < -0.39 is 20.7 Å². The van der Waals surface area contributed by atoms with Crippen molar-refractivity contribution in [3.63, 3.8) is 0 Å². The summed E-state index contributed by atoms with van der Waals surface area (Å²) in [4.78, 5) is 10.3. The molecule has 0 radical (unpaired) electrons. The minimum atomic E-state index is -4.08. The minimum Gasteiger partial charge on any atom is -0.548 e. The molecule has 1 unspecified atom stereocenters. The molecule has 66 valence electrons. The maximum absolute atomic E-state index is 10.7. The summed E-state index contributed by atoms with van der Waals surface area (Å²) in [5.74, 6) is -1.66. The molecule has 0 saturated carbocycles. The van der Waals surface area contributed by atoms with Crippen LogP contribution < -0.4 is 10.2 Å². The molecule has 2 N–H and O–H groups in total. The third-order valence-corrected chi connectivity index (χ3v) is 3.45. The van der Waals surface area contributed by atoms with Gasteiger partial charge in [-0.1, -0.05) is 6.92 Å². The van der Waals surface area contributed by atoms with Crippen LogP contribution in [0.25, 0.3) is 0 Å². The van der Waals surface area contributed by atoms with Gasteiger partial charge in [0.2, 0.25) is 10.0 Å².